The Balaban J connectivity index is 1.41. The summed E-state index contributed by atoms with van der Waals surface area (Å²) < 4.78 is 48.7. The summed E-state index contributed by atoms with van der Waals surface area (Å²) in [5.74, 6) is 0.850. The molecular formula is C36H34N4O6S. The number of nitrogens with one attached hydrogen (secondary N) is 1. The van der Waals surface area contributed by atoms with Crippen molar-refractivity contribution in [3.05, 3.63) is 155 Å². The predicted octanol–water partition coefficient (Wildman–Crippen LogP) is 6.29. The summed E-state index contributed by atoms with van der Waals surface area (Å²) in [5.41, 5.74) is 12.3. The molecule has 10 nitrogen and oxygen atoms in total. The SMILES string of the molecule is Cc1ccc(S(=O)(=O)ONC(N)=NN=Cc2ccc(OCc3ccccc3)c(OCc3ccccc3)c2OCc2ccccc2)cc1. The lowest BCUT2D eigenvalue weighted by atomic mass is 10.1. The van der Waals surface area contributed by atoms with Crippen molar-refractivity contribution in [2.45, 2.75) is 31.6 Å². The average molecular weight is 651 g/mol. The molecular weight excluding hydrogens is 616 g/mol. The van der Waals surface area contributed by atoms with Gasteiger partial charge in [0.25, 0.3) is 0 Å². The number of aryl methyl sites for hydroxylation is 1. The molecule has 5 aromatic carbocycles. The van der Waals surface area contributed by atoms with Gasteiger partial charge in [-0.2, -0.15) is 13.5 Å². The van der Waals surface area contributed by atoms with Crippen LogP contribution < -0.4 is 25.4 Å². The molecule has 0 radical (unpaired) electrons. The summed E-state index contributed by atoms with van der Waals surface area (Å²) in [6.07, 6.45) is 1.42. The molecule has 0 saturated heterocycles. The van der Waals surface area contributed by atoms with E-state index in [2.05, 4.69) is 15.7 Å². The third kappa shape index (κ3) is 9.67. The normalized spacial score (nSPS) is 11.7. The molecule has 47 heavy (non-hydrogen) atoms. The van der Waals surface area contributed by atoms with Gasteiger partial charge in [0.1, 0.15) is 19.8 Å². The number of benzene rings is 5. The van der Waals surface area contributed by atoms with E-state index in [0.717, 1.165) is 22.3 Å². The topological polar surface area (TPSA) is 134 Å². The first-order chi connectivity index (χ1) is 22.9. The quantitative estimate of drug-likeness (QED) is 0.0814. The Hall–Kier alpha value is -5.65. The van der Waals surface area contributed by atoms with E-state index < -0.39 is 10.1 Å². The molecule has 0 spiro atoms. The van der Waals surface area contributed by atoms with Gasteiger partial charge in [0.2, 0.25) is 11.7 Å². The standard InChI is InChI=1S/C36H34N4O6S/c1-27-17-20-32(21-18-27)47(41,42)46-40-36(37)39-38-23-31-19-22-33(43-24-28-11-5-2-6-12-28)35(45-26-30-15-9-4-10-16-30)34(31)44-25-29-13-7-3-8-14-29/h2-23H,24-26H2,1H3,(H3,37,39,40). The van der Waals surface area contributed by atoms with E-state index in [1.54, 1.807) is 24.3 Å². The molecule has 5 aromatic rings. The zero-order valence-corrected chi connectivity index (χ0v) is 26.5. The summed E-state index contributed by atoms with van der Waals surface area (Å²) in [5, 5.41) is 7.90. The van der Waals surface area contributed by atoms with Crippen molar-refractivity contribution in [1.29, 1.82) is 0 Å². The highest BCUT2D eigenvalue weighted by Crippen LogP contribution is 2.41. The van der Waals surface area contributed by atoms with Crippen molar-refractivity contribution in [1.82, 2.24) is 5.48 Å². The van der Waals surface area contributed by atoms with E-state index in [0.29, 0.717) is 29.4 Å². The first-order valence-corrected chi connectivity index (χ1v) is 16.1. The van der Waals surface area contributed by atoms with Gasteiger partial charge in [-0.1, -0.05) is 109 Å². The summed E-state index contributed by atoms with van der Waals surface area (Å²) in [7, 11) is -4.13. The molecule has 240 valence electrons. The third-order valence-corrected chi connectivity index (χ3v) is 7.88. The second kappa shape index (κ2) is 16.1. The van der Waals surface area contributed by atoms with Gasteiger partial charge in [0, 0.05) is 5.56 Å². The van der Waals surface area contributed by atoms with Gasteiger partial charge in [0.15, 0.2) is 11.5 Å². The molecule has 0 aliphatic carbocycles. The number of ether oxygens (including phenoxy) is 3. The van der Waals surface area contributed by atoms with Gasteiger partial charge in [-0.25, -0.2) is 5.48 Å². The maximum absolute atomic E-state index is 12.5. The van der Waals surface area contributed by atoms with Crippen LogP contribution in [0, 0.1) is 6.92 Å². The van der Waals surface area contributed by atoms with Crippen LogP contribution in [0.1, 0.15) is 27.8 Å². The molecule has 3 N–H and O–H groups in total. The number of nitrogens with two attached hydrogens (primary N) is 1. The zero-order chi connectivity index (χ0) is 32.9. The fraction of sp³-hybridized carbons (Fsp3) is 0.111. The Kier molecular flexibility index (Phi) is 11.2. The minimum Gasteiger partial charge on any atom is -0.485 e. The second-order valence-corrected chi connectivity index (χ2v) is 11.9. The molecule has 0 bridgehead atoms. The summed E-state index contributed by atoms with van der Waals surface area (Å²) >= 11 is 0. The molecule has 0 heterocycles. The smallest absolute Gasteiger partial charge is 0.317 e. The number of hydrogen-bond donors (Lipinski definition) is 2. The van der Waals surface area contributed by atoms with Crippen molar-refractivity contribution in [2.75, 3.05) is 0 Å². The number of rotatable bonds is 14. The molecule has 5 rings (SSSR count). The van der Waals surface area contributed by atoms with Crippen LogP contribution in [-0.2, 0) is 34.2 Å². The number of hydrogen-bond acceptors (Lipinski definition) is 8. The van der Waals surface area contributed by atoms with Crippen LogP contribution in [0.25, 0.3) is 0 Å². The molecule has 11 heteroatoms. The van der Waals surface area contributed by atoms with E-state index >= 15 is 0 Å². The minimum absolute atomic E-state index is 0.0373. The highest BCUT2D eigenvalue weighted by atomic mass is 32.2. The highest BCUT2D eigenvalue weighted by molar-refractivity contribution is 7.86. The highest BCUT2D eigenvalue weighted by Gasteiger charge is 2.19. The molecule has 0 saturated carbocycles. The lowest BCUT2D eigenvalue weighted by molar-refractivity contribution is 0.230. The average Bonchev–Trinajstić information content (AvgIpc) is 3.10. The fourth-order valence-corrected chi connectivity index (χ4v) is 5.04. The van der Waals surface area contributed by atoms with Gasteiger partial charge in [-0.3, -0.25) is 0 Å². The summed E-state index contributed by atoms with van der Waals surface area (Å²) in [4.78, 5) is -0.0373. The molecule has 0 unspecified atom stereocenters. The van der Waals surface area contributed by atoms with Crippen molar-refractivity contribution in [3.63, 3.8) is 0 Å². The monoisotopic (exact) mass is 650 g/mol. The van der Waals surface area contributed by atoms with Crippen LogP contribution in [0.3, 0.4) is 0 Å². The van der Waals surface area contributed by atoms with Gasteiger partial charge in [-0.15, -0.1) is 9.39 Å². The van der Waals surface area contributed by atoms with E-state index in [9.17, 15) is 8.42 Å². The van der Waals surface area contributed by atoms with Crippen molar-refractivity contribution in [2.24, 2.45) is 15.9 Å². The van der Waals surface area contributed by atoms with Crippen LogP contribution in [0.5, 0.6) is 17.2 Å². The van der Waals surface area contributed by atoms with Gasteiger partial charge >= 0.3 is 10.1 Å². The maximum atomic E-state index is 12.5. The Morgan fingerprint density at radius 1 is 0.681 bits per heavy atom. The maximum Gasteiger partial charge on any atom is 0.317 e. The largest absolute Gasteiger partial charge is 0.485 e. The van der Waals surface area contributed by atoms with Crippen LogP contribution in [0.15, 0.2) is 142 Å². The molecule has 0 atom stereocenters. The Bertz CT molecular complexity index is 1900. The number of nitrogens with zero attached hydrogens (tertiary/aromatic N) is 2. The van der Waals surface area contributed by atoms with Crippen LogP contribution in [0.4, 0.5) is 0 Å². The molecule has 0 aliphatic heterocycles. The van der Waals surface area contributed by atoms with Gasteiger partial charge in [-0.05, 0) is 47.9 Å². The Labute approximate surface area is 274 Å². The van der Waals surface area contributed by atoms with Crippen LogP contribution in [-0.4, -0.2) is 20.6 Å². The number of guanidine groups is 1. The summed E-state index contributed by atoms with van der Waals surface area (Å²) in [6.45, 7) is 2.65. The van der Waals surface area contributed by atoms with Gasteiger partial charge < -0.3 is 19.9 Å². The van der Waals surface area contributed by atoms with E-state index in [1.165, 1.54) is 18.3 Å². The summed E-state index contributed by atoms with van der Waals surface area (Å²) in [6, 6.07) is 38.9. The fourth-order valence-electron chi connectivity index (χ4n) is 4.28. The first-order valence-electron chi connectivity index (χ1n) is 14.7. The van der Waals surface area contributed by atoms with Crippen LogP contribution in [0.2, 0.25) is 0 Å². The van der Waals surface area contributed by atoms with Crippen molar-refractivity contribution in [3.8, 4) is 17.2 Å². The van der Waals surface area contributed by atoms with Crippen molar-refractivity contribution < 1.29 is 26.9 Å². The second-order valence-electron chi connectivity index (χ2n) is 10.3. The van der Waals surface area contributed by atoms with Crippen LogP contribution >= 0.6 is 0 Å². The lowest BCUT2D eigenvalue weighted by Crippen LogP contribution is -2.33. The third-order valence-electron chi connectivity index (χ3n) is 6.72. The number of hydroxylamine groups is 1. The Morgan fingerprint density at radius 3 is 1.74 bits per heavy atom. The van der Waals surface area contributed by atoms with Gasteiger partial charge in [0.05, 0.1) is 11.1 Å². The predicted molar refractivity (Wildman–Crippen MR) is 181 cm³/mol. The van der Waals surface area contributed by atoms with Crippen molar-refractivity contribution >= 4 is 22.3 Å². The molecule has 0 aliphatic rings. The zero-order valence-electron chi connectivity index (χ0n) is 25.7. The lowest BCUT2D eigenvalue weighted by Gasteiger charge is -2.19. The molecule has 0 fully saturated rings. The molecule has 0 aromatic heterocycles. The first kappa shape index (κ1) is 32.7. The van der Waals surface area contributed by atoms with E-state index in [1.807, 2.05) is 97.9 Å². The minimum atomic E-state index is -4.13. The Morgan fingerprint density at radius 2 is 1.19 bits per heavy atom. The van der Waals surface area contributed by atoms with E-state index in [-0.39, 0.29) is 24.1 Å². The van der Waals surface area contributed by atoms with E-state index in [4.69, 9.17) is 24.2 Å². The molecule has 0 amide bonds.